The van der Waals surface area contributed by atoms with Crippen LogP contribution in [-0.2, 0) is 0 Å². The number of ether oxygens (including phenoxy) is 1. The van der Waals surface area contributed by atoms with Crippen LogP contribution in [0.5, 0.6) is 5.75 Å². The first kappa shape index (κ1) is 20.6. The molecule has 4 atom stereocenters. The molecule has 3 aliphatic rings. The van der Waals surface area contributed by atoms with Gasteiger partial charge < -0.3 is 4.74 Å². The number of rotatable bonds is 7. The minimum absolute atomic E-state index is 0.0207. The molecule has 3 aliphatic carbocycles. The van der Waals surface area contributed by atoms with Crippen LogP contribution in [0, 0.1) is 35.3 Å². The van der Waals surface area contributed by atoms with E-state index in [9.17, 15) is 8.78 Å². The van der Waals surface area contributed by atoms with Crippen molar-refractivity contribution in [1.82, 2.24) is 0 Å². The molecular weight excluding hydrogens is 366 g/mol. The van der Waals surface area contributed by atoms with Gasteiger partial charge in [0, 0.05) is 5.56 Å². The summed E-state index contributed by atoms with van der Waals surface area (Å²) in [5, 5.41) is 0. The molecule has 0 aliphatic heterocycles. The average molecular weight is 401 g/mol. The molecule has 4 unspecified atom stereocenters. The summed E-state index contributed by atoms with van der Waals surface area (Å²) in [6.45, 7) is 4.65. The van der Waals surface area contributed by atoms with Crippen LogP contribution in [0.15, 0.2) is 29.9 Å². The van der Waals surface area contributed by atoms with E-state index in [-0.39, 0.29) is 5.75 Å². The van der Waals surface area contributed by atoms with Crippen LogP contribution in [0.1, 0.15) is 77.2 Å². The van der Waals surface area contributed by atoms with Crippen LogP contribution < -0.4 is 4.74 Å². The SMILES string of the molecule is CCCOc1ccc(C2=CCC(C3=CCC4C(CCC)CCC34)CC2)c(F)c1F. The van der Waals surface area contributed by atoms with Crippen molar-refractivity contribution in [3.63, 3.8) is 0 Å². The summed E-state index contributed by atoms with van der Waals surface area (Å²) in [5.41, 5.74) is 3.04. The lowest BCUT2D eigenvalue weighted by atomic mass is 9.77. The molecule has 1 fully saturated rings. The van der Waals surface area contributed by atoms with Crippen LogP contribution in [0.3, 0.4) is 0 Å². The first-order valence-electron chi connectivity index (χ1n) is 11.6. The first-order valence-corrected chi connectivity index (χ1v) is 11.6. The molecule has 0 spiro atoms. The third kappa shape index (κ3) is 4.02. The summed E-state index contributed by atoms with van der Waals surface area (Å²) in [7, 11) is 0. The Morgan fingerprint density at radius 1 is 0.966 bits per heavy atom. The molecule has 29 heavy (non-hydrogen) atoms. The molecule has 4 rings (SSSR count). The van der Waals surface area contributed by atoms with Gasteiger partial charge in [-0.3, -0.25) is 0 Å². The van der Waals surface area contributed by atoms with Gasteiger partial charge in [0.25, 0.3) is 0 Å². The molecule has 0 saturated heterocycles. The second-order valence-corrected chi connectivity index (χ2v) is 9.12. The van der Waals surface area contributed by atoms with Crippen molar-refractivity contribution in [3.8, 4) is 5.75 Å². The Balaban J connectivity index is 1.44. The van der Waals surface area contributed by atoms with E-state index in [1.54, 1.807) is 17.7 Å². The van der Waals surface area contributed by atoms with Crippen molar-refractivity contribution in [2.24, 2.45) is 23.7 Å². The van der Waals surface area contributed by atoms with Crippen molar-refractivity contribution in [1.29, 1.82) is 0 Å². The second-order valence-electron chi connectivity index (χ2n) is 9.12. The zero-order valence-corrected chi connectivity index (χ0v) is 17.9. The standard InChI is InChI=1S/C26H34F2O/c1-3-5-17-10-11-23-20(17)12-13-21(23)18-6-8-19(9-7-18)22-14-15-24(29-16-4-2)26(28)25(22)27/h8,13-15,17-18,20,23H,3-7,9-12,16H2,1-2H3. The zero-order valence-electron chi connectivity index (χ0n) is 17.9. The molecule has 158 valence electrons. The molecule has 0 N–H and O–H groups in total. The molecule has 1 saturated carbocycles. The number of allylic oxidation sites excluding steroid dienone is 4. The summed E-state index contributed by atoms with van der Waals surface area (Å²) in [4.78, 5) is 0. The molecule has 0 bridgehead atoms. The predicted molar refractivity (Wildman–Crippen MR) is 115 cm³/mol. The summed E-state index contributed by atoms with van der Waals surface area (Å²) in [6, 6.07) is 3.26. The molecule has 0 aromatic heterocycles. The molecule has 0 amide bonds. The van der Waals surface area contributed by atoms with E-state index in [4.69, 9.17) is 4.74 Å². The molecular formula is C26H34F2O. The van der Waals surface area contributed by atoms with E-state index in [2.05, 4.69) is 19.1 Å². The highest BCUT2D eigenvalue weighted by Crippen LogP contribution is 2.53. The molecule has 0 heterocycles. The fourth-order valence-corrected chi connectivity index (χ4v) is 6.03. The van der Waals surface area contributed by atoms with Gasteiger partial charge in [-0.25, -0.2) is 4.39 Å². The average Bonchev–Trinajstić information content (AvgIpc) is 3.33. The fraction of sp³-hybridized carbons (Fsp3) is 0.615. The third-order valence-electron chi connectivity index (χ3n) is 7.42. The van der Waals surface area contributed by atoms with E-state index in [0.29, 0.717) is 18.1 Å². The molecule has 3 heteroatoms. The van der Waals surface area contributed by atoms with Crippen LogP contribution >= 0.6 is 0 Å². The van der Waals surface area contributed by atoms with Crippen LogP contribution in [-0.4, -0.2) is 6.61 Å². The third-order valence-corrected chi connectivity index (χ3v) is 7.42. The smallest absolute Gasteiger partial charge is 0.201 e. The van der Waals surface area contributed by atoms with Gasteiger partial charge in [-0.15, -0.1) is 0 Å². The monoisotopic (exact) mass is 400 g/mol. The van der Waals surface area contributed by atoms with Gasteiger partial charge in [0.15, 0.2) is 11.6 Å². The Hall–Kier alpha value is -1.64. The number of benzene rings is 1. The highest BCUT2D eigenvalue weighted by molar-refractivity contribution is 5.67. The van der Waals surface area contributed by atoms with E-state index in [1.807, 2.05) is 6.92 Å². The lowest BCUT2D eigenvalue weighted by molar-refractivity contribution is 0.295. The molecule has 0 radical (unpaired) electrons. The molecule has 1 aromatic carbocycles. The summed E-state index contributed by atoms with van der Waals surface area (Å²) in [5.74, 6) is 1.57. The highest BCUT2D eigenvalue weighted by Gasteiger charge is 2.42. The van der Waals surface area contributed by atoms with Gasteiger partial charge in [0.2, 0.25) is 5.82 Å². The fourth-order valence-electron chi connectivity index (χ4n) is 6.03. The summed E-state index contributed by atoms with van der Waals surface area (Å²) >= 11 is 0. The van der Waals surface area contributed by atoms with Crippen molar-refractivity contribution in [3.05, 3.63) is 47.1 Å². The van der Waals surface area contributed by atoms with Crippen molar-refractivity contribution in [2.45, 2.75) is 71.6 Å². The molecule has 1 nitrogen and oxygen atoms in total. The van der Waals surface area contributed by atoms with Gasteiger partial charge >= 0.3 is 0 Å². The maximum absolute atomic E-state index is 14.7. The van der Waals surface area contributed by atoms with Gasteiger partial charge in [0.1, 0.15) is 0 Å². The van der Waals surface area contributed by atoms with Gasteiger partial charge in [-0.1, -0.05) is 44.4 Å². The Bertz CT molecular complexity index is 794. The largest absolute Gasteiger partial charge is 0.490 e. The van der Waals surface area contributed by atoms with Gasteiger partial charge in [0.05, 0.1) is 6.61 Å². The topological polar surface area (TPSA) is 9.23 Å². The number of hydrogen-bond donors (Lipinski definition) is 0. The first-order chi connectivity index (χ1) is 14.1. The van der Waals surface area contributed by atoms with Crippen LogP contribution in [0.4, 0.5) is 8.78 Å². The minimum Gasteiger partial charge on any atom is -0.490 e. The lowest BCUT2D eigenvalue weighted by Crippen LogP contribution is -2.17. The van der Waals surface area contributed by atoms with E-state index in [1.165, 1.54) is 32.1 Å². The van der Waals surface area contributed by atoms with Gasteiger partial charge in [-0.2, -0.15) is 4.39 Å². The maximum Gasteiger partial charge on any atom is 0.201 e. The Labute approximate surface area is 174 Å². The maximum atomic E-state index is 14.7. The number of halogens is 2. The quantitative estimate of drug-likeness (QED) is 0.426. The Morgan fingerprint density at radius 3 is 2.55 bits per heavy atom. The number of hydrogen-bond acceptors (Lipinski definition) is 1. The van der Waals surface area contributed by atoms with Crippen molar-refractivity contribution in [2.75, 3.05) is 6.61 Å². The summed E-state index contributed by atoms with van der Waals surface area (Å²) in [6.07, 6.45) is 15.0. The number of fused-ring (bicyclic) bond motifs is 1. The van der Waals surface area contributed by atoms with Crippen LogP contribution in [0.25, 0.3) is 5.57 Å². The van der Waals surface area contributed by atoms with Crippen LogP contribution in [0.2, 0.25) is 0 Å². The summed E-state index contributed by atoms with van der Waals surface area (Å²) < 4.78 is 34.3. The Kier molecular flexibility index (Phi) is 6.41. The zero-order chi connectivity index (χ0) is 20.4. The van der Waals surface area contributed by atoms with Crippen molar-refractivity contribution >= 4 is 5.57 Å². The van der Waals surface area contributed by atoms with E-state index in [0.717, 1.165) is 49.0 Å². The van der Waals surface area contributed by atoms with E-state index >= 15 is 0 Å². The highest BCUT2D eigenvalue weighted by atomic mass is 19.2. The van der Waals surface area contributed by atoms with Gasteiger partial charge in [-0.05, 0) is 86.3 Å². The second kappa shape index (κ2) is 9.02. The van der Waals surface area contributed by atoms with E-state index < -0.39 is 11.6 Å². The normalized spacial score (nSPS) is 28.8. The lowest BCUT2D eigenvalue weighted by Gasteiger charge is -2.28. The van der Waals surface area contributed by atoms with Crippen molar-refractivity contribution < 1.29 is 13.5 Å². The minimum atomic E-state index is -0.853. The Morgan fingerprint density at radius 2 is 1.83 bits per heavy atom. The molecule has 1 aromatic rings. The predicted octanol–water partition coefficient (Wildman–Crippen LogP) is 7.71.